The van der Waals surface area contributed by atoms with E-state index in [4.69, 9.17) is 5.11 Å². The lowest BCUT2D eigenvalue weighted by Crippen LogP contribution is -2.05. The van der Waals surface area contributed by atoms with Gasteiger partial charge in [-0.25, -0.2) is 4.21 Å². The zero-order valence-electron chi connectivity index (χ0n) is 9.58. The van der Waals surface area contributed by atoms with Crippen molar-refractivity contribution in [1.82, 2.24) is 0 Å². The van der Waals surface area contributed by atoms with Crippen LogP contribution in [0.1, 0.15) is 5.56 Å². The lowest BCUT2D eigenvalue weighted by atomic mass is 10.1. The fourth-order valence-corrected chi connectivity index (χ4v) is 2.90. The zero-order chi connectivity index (χ0) is 13.0. The van der Waals surface area contributed by atoms with Crippen molar-refractivity contribution in [2.45, 2.75) is 16.2 Å². The molecule has 0 unspecified atom stereocenters. The van der Waals surface area contributed by atoms with Crippen LogP contribution in [0, 0.1) is 0 Å². The van der Waals surface area contributed by atoms with E-state index in [9.17, 15) is 9.00 Å². The molecule has 2 aromatic carbocycles. The summed E-state index contributed by atoms with van der Waals surface area (Å²) in [6, 6.07) is 15.9. The third kappa shape index (κ3) is 2.84. The molecule has 0 saturated heterocycles. The first kappa shape index (κ1) is 12.5. The maximum Gasteiger partial charge on any atom is 0.307 e. The number of benzene rings is 2. The third-order valence-electron chi connectivity index (χ3n) is 2.47. The van der Waals surface area contributed by atoms with Gasteiger partial charge in [-0.3, -0.25) is 4.79 Å². The molecule has 0 bridgehead atoms. The molecular weight excluding hydrogens is 248 g/mol. The highest BCUT2D eigenvalue weighted by Gasteiger charge is 2.13. The molecule has 0 aromatic heterocycles. The Labute approximate surface area is 108 Å². The Morgan fingerprint density at radius 2 is 1.61 bits per heavy atom. The number of hydrogen-bond acceptors (Lipinski definition) is 2. The van der Waals surface area contributed by atoms with Crippen molar-refractivity contribution >= 4 is 16.8 Å². The maximum atomic E-state index is 12.4. The highest BCUT2D eigenvalue weighted by Crippen LogP contribution is 2.20. The summed E-state index contributed by atoms with van der Waals surface area (Å²) in [4.78, 5) is 12.0. The van der Waals surface area contributed by atoms with Crippen molar-refractivity contribution in [3.63, 3.8) is 0 Å². The van der Waals surface area contributed by atoms with E-state index in [0.717, 1.165) is 0 Å². The van der Waals surface area contributed by atoms with E-state index in [1.165, 1.54) is 0 Å². The molecule has 4 heteroatoms. The van der Waals surface area contributed by atoms with E-state index in [1.807, 2.05) is 18.2 Å². The molecule has 0 amide bonds. The Morgan fingerprint density at radius 1 is 1.00 bits per heavy atom. The van der Waals surface area contributed by atoms with Gasteiger partial charge in [-0.1, -0.05) is 36.4 Å². The molecule has 0 aliphatic carbocycles. The van der Waals surface area contributed by atoms with Crippen LogP contribution in [0.5, 0.6) is 0 Å². The largest absolute Gasteiger partial charge is 0.481 e. The summed E-state index contributed by atoms with van der Waals surface area (Å²) in [7, 11) is -1.34. The van der Waals surface area contributed by atoms with Crippen LogP contribution in [-0.2, 0) is 22.0 Å². The fraction of sp³-hybridized carbons (Fsp3) is 0.0714. The zero-order valence-corrected chi connectivity index (χ0v) is 10.4. The Kier molecular flexibility index (Phi) is 3.89. The minimum atomic E-state index is -1.34. The summed E-state index contributed by atoms with van der Waals surface area (Å²) in [5.41, 5.74) is 0.590. The van der Waals surface area contributed by atoms with Gasteiger partial charge in [-0.05, 0) is 23.8 Å². The van der Waals surface area contributed by atoms with E-state index in [-0.39, 0.29) is 6.42 Å². The van der Waals surface area contributed by atoms with Crippen molar-refractivity contribution in [2.24, 2.45) is 0 Å². The van der Waals surface area contributed by atoms with E-state index >= 15 is 0 Å². The molecule has 0 heterocycles. The van der Waals surface area contributed by atoms with Crippen molar-refractivity contribution in [2.75, 3.05) is 0 Å². The molecule has 92 valence electrons. The van der Waals surface area contributed by atoms with Gasteiger partial charge in [0.05, 0.1) is 17.2 Å². The van der Waals surface area contributed by atoms with Crippen LogP contribution in [0.3, 0.4) is 0 Å². The standard InChI is InChI=1S/C14H12O3S/c15-14(16)10-11-6-4-5-9-13(11)18(17)12-7-2-1-3-8-12/h1-9H,10H2,(H,15,16)/t18-/m0/s1. The Hall–Kier alpha value is -1.94. The molecule has 2 aromatic rings. The van der Waals surface area contributed by atoms with Gasteiger partial charge in [0, 0.05) is 9.79 Å². The van der Waals surface area contributed by atoms with Crippen LogP contribution in [0.25, 0.3) is 0 Å². The van der Waals surface area contributed by atoms with Gasteiger partial charge < -0.3 is 5.11 Å². The number of carboxylic acid groups (broad SMARTS) is 1. The molecule has 0 saturated carbocycles. The first-order valence-electron chi connectivity index (χ1n) is 5.45. The molecule has 0 spiro atoms. The van der Waals surface area contributed by atoms with Gasteiger partial charge in [0.1, 0.15) is 0 Å². The summed E-state index contributed by atoms with van der Waals surface area (Å²) in [6.07, 6.45) is -0.116. The summed E-state index contributed by atoms with van der Waals surface area (Å²) in [5.74, 6) is -0.924. The number of carboxylic acids is 1. The lowest BCUT2D eigenvalue weighted by molar-refractivity contribution is -0.136. The summed E-state index contributed by atoms with van der Waals surface area (Å²) in [5, 5.41) is 8.84. The van der Waals surface area contributed by atoms with Gasteiger partial charge >= 0.3 is 5.97 Å². The first-order chi connectivity index (χ1) is 8.68. The van der Waals surface area contributed by atoms with Crippen molar-refractivity contribution in [3.8, 4) is 0 Å². The summed E-state index contributed by atoms with van der Waals surface area (Å²) < 4.78 is 12.4. The monoisotopic (exact) mass is 260 g/mol. The summed E-state index contributed by atoms with van der Waals surface area (Å²) in [6.45, 7) is 0. The van der Waals surface area contributed by atoms with E-state index < -0.39 is 16.8 Å². The Balaban J connectivity index is 2.39. The van der Waals surface area contributed by atoms with Crippen molar-refractivity contribution in [1.29, 1.82) is 0 Å². The molecule has 0 aliphatic heterocycles. The van der Waals surface area contributed by atoms with Crippen LogP contribution in [-0.4, -0.2) is 15.3 Å². The average molecular weight is 260 g/mol. The number of rotatable bonds is 4. The number of carbonyl (C=O) groups is 1. The van der Waals surface area contributed by atoms with Gasteiger partial charge in [0.25, 0.3) is 0 Å². The van der Waals surface area contributed by atoms with Gasteiger partial charge in [-0.15, -0.1) is 0 Å². The van der Waals surface area contributed by atoms with E-state index in [2.05, 4.69) is 0 Å². The molecule has 1 N–H and O–H groups in total. The fourth-order valence-electron chi connectivity index (χ4n) is 1.66. The quantitative estimate of drug-likeness (QED) is 0.918. The Bertz CT molecular complexity index is 579. The summed E-state index contributed by atoms with van der Waals surface area (Å²) >= 11 is 0. The average Bonchev–Trinajstić information content (AvgIpc) is 2.39. The molecule has 0 aliphatic rings. The van der Waals surface area contributed by atoms with Crippen molar-refractivity contribution < 1.29 is 14.1 Å². The van der Waals surface area contributed by atoms with Gasteiger partial charge in [0.2, 0.25) is 0 Å². The first-order valence-corrected chi connectivity index (χ1v) is 6.60. The smallest absolute Gasteiger partial charge is 0.307 e. The second-order valence-electron chi connectivity index (χ2n) is 3.76. The van der Waals surface area contributed by atoms with Gasteiger partial charge in [-0.2, -0.15) is 0 Å². The topological polar surface area (TPSA) is 54.4 Å². The SMILES string of the molecule is O=C(O)Cc1ccccc1[S@@](=O)c1ccccc1. The van der Waals surface area contributed by atoms with Crippen LogP contribution in [0.15, 0.2) is 64.4 Å². The third-order valence-corrected chi connectivity index (χ3v) is 3.97. The van der Waals surface area contributed by atoms with Crippen LogP contribution in [0.2, 0.25) is 0 Å². The second kappa shape index (κ2) is 5.60. The van der Waals surface area contributed by atoms with E-state index in [1.54, 1.807) is 36.4 Å². The molecule has 18 heavy (non-hydrogen) atoms. The lowest BCUT2D eigenvalue weighted by Gasteiger charge is -2.07. The minimum absolute atomic E-state index is 0.116. The Morgan fingerprint density at radius 3 is 2.28 bits per heavy atom. The highest BCUT2D eigenvalue weighted by molar-refractivity contribution is 7.85. The van der Waals surface area contributed by atoms with Crippen LogP contribution >= 0.6 is 0 Å². The second-order valence-corrected chi connectivity index (χ2v) is 5.21. The predicted octanol–water partition coefficient (Wildman–Crippen LogP) is 2.48. The highest BCUT2D eigenvalue weighted by atomic mass is 32.2. The van der Waals surface area contributed by atoms with Crippen LogP contribution < -0.4 is 0 Å². The van der Waals surface area contributed by atoms with Crippen LogP contribution in [0.4, 0.5) is 0 Å². The normalized spacial score (nSPS) is 12.0. The predicted molar refractivity (Wildman–Crippen MR) is 68.9 cm³/mol. The van der Waals surface area contributed by atoms with Crippen molar-refractivity contribution in [3.05, 3.63) is 60.2 Å². The number of hydrogen-bond donors (Lipinski definition) is 1. The number of aliphatic carboxylic acids is 1. The molecule has 3 nitrogen and oxygen atoms in total. The molecular formula is C14H12O3S. The molecule has 2 rings (SSSR count). The van der Waals surface area contributed by atoms with Gasteiger partial charge in [0.15, 0.2) is 0 Å². The minimum Gasteiger partial charge on any atom is -0.481 e. The van der Waals surface area contributed by atoms with E-state index in [0.29, 0.717) is 15.4 Å². The maximum absolute atomic E-state index is 12.4. The molecule has 0 radical (unpaired) electrons. The molecule has 0 fully saturated rings. The molecule has 1 atom stereocenters.